The number of aryl methyl sites for hydroxylation is 1. The molecule has 1 aromatic carbocycles. The monoisotopic (exact) mass is 256 g/mol. The second-order valence-electron chi connectivity index (χ2n) is 5.14. The van der Waals surface area contributed by atoms with E-state index in [1.165, 1.54) is 12.8 Å². The summed E-state index contributed by atoms with van der Waals surface area (Å²) in [5, 5.41) is 3.07. The average molecular weight is 256 g/mol. The SMILES string of the molecule is Cc1ccc(C#CCN)cc1C(=O)NC(C)C1CC1. The molecule has 3 nitrogen and oxygen atoms in total. The molecule has 1 aliphatic rings. The smallest absolute Gasteiger partial charge is 0.251 e. The Morgan fingerprint density at radius 2 is 2.26 bits per heavy atom. The van der Waals surface area contributed by atoms with Crippen molar-refractivity contribution in [2.75, 3.05) is 6.54 Å². The van der Waals surface area contributed by atoms with E-state index in [1.54, 1.807) is 0 Å². The highest BCUT2D eigenvalue weighted by Gasteiger charge is 2.29. The molecular weight excluding hydrogens is 236 g/mol. The Balaban J connectivity index is 2.14. The highest BCUT2D eigenvalue weighted by molar-refractivity contribution is 5.96. The first-order chi connectivity index (χ1) is 9.11. The zero-order valence-electron chi connectivity index (χ0n) is 11.5. The van der Waals surface area contributed by atoms with Crippen LogP contribution in [-0.2, 0) is 0 Å². The van der Waals surface area contributed by atoms with Gasteiger partial charge in [0.15, 0.2) is 0 Å². The molecule has 1 amide bonds. The van der Waals surface area contributed by atoms with Crippen LogP contribution < -0.4 is 11.1 Å². The van der Waals surface area contributed by atoms with Crippen LogP contribution in [0, 0.1) is 24.7 Å². The number of nitrogens with one attached hydrogen (secondary N) is 1. The molecular formula is C16H20N2O. The highest BCUT2D eigenvalue weighted by atomic mass is 16.1. The summed E-state index contributed by atoms with van der Waals surface area (Å²) >= 11 is 0. The van der Waals surface area contributed by atoms with Crippen LogP contribution in [0.25, 0.3) is 0 Å². The van der Waals surface area contributed by atoms with Gasteiger partial charge in [-0.3, -0.25) is 4.79 Å². The van der Waals surface area contributed by atoms with Crippen LogP contribution in [0.5, 0.6) is 0 Å². The van der Waals surface area contributed by atoms with Gasteiger partial charge >= 0.3 is 0 Å². The van der Waals surface area contributed by atoms with Crippen molar-refractivity contribution in [2.45, 2.75) is 32.7 Å². The summed E-state index contributed by atoms with van der Waals surface area (Å²) in [5.41, 5.74) is 7.87. The number of nitrogens with two attached hydrogens (primary N) is 1. The molecule has 1 fully saturated rings. The molecule has 0 bridgehead atoms. The van der Waals surface area contributed by atoms with Gasteiger partial charge in [-0.25, -0.2) is 0 Å². The molecule has 1 aliphatic carbocycles. The molecule has 1 aromatic rings. The first-order valence-electron chi connectivity index (χ1n) is 6.72. The molecule has 3 N–H and O–H groups in total. The number of hydrogen-bond donors (Lipinski definition) is 2. The molecule has 100 valence electrons. The molecule has 0 aromatic heterocycles. The molecule has 1 unspecified atom stereocenters. The Morgan fingerprint density at radius 1 is 1.53 bits per heavy atom. The number of benzene rings is 1. The van der Waals surface area contributed by atoms with Gasteiger partial charge in [-0.05, 0) is 50.3 Å². The Labute approximate surface area is 114 Å². The van der Waals surface area contributed by atoms with Gasteiger partial charge in [-0.1, -0.05) is 17.9 Å². The van der Waals surface area contributed by atoms with Crippen molar-refractivity contribution in [3.8, 4) is 11.8 Å². The van der Waals surface area contributed by atoms with E-state index in [0.717, 1.165) is 11.1 Å². The maximum absolute atomic E-state index is 12.3. The molecule has 3 heteroatoms. The molecule has 0 heterocycles. The van der Waals surface area contributed by atoms with Crippen LogP contribution in [0.3, 0.4) is 0 Å². The van der Waals surface area contributed by atoms with Gasteiger partial charge in [-0.2, -0.15) is 0 Å². The van der Waals surface area contributed by atoms with Crippen LogP contribution in [0.2, 0.25) is 0 Å². The van der Waals surface area contributed by atoms with E-state index in [4.69, 9.17) is 5.73 Å². The quantitative estimate of drug-likeness (QED) is 0.811. The second-order valence-corrected chi connectivity index (χ2v) is 5.14. The minimum atomic E-state index is -0.00621. The van der Waals surface area contributed by atoms with Gasteiger partial charge in [0.1, 0.15) is 0 Å². The molecule has 0 radical (unpaired) electrons. The molecule has 19 heavy (non-hydrogen) atoms. The van der Waals surface area contributed by atoms with Crippen molar-refractivity contribution in [1.82, 2.24) is 5.32 Å². The number of carbonyl (C=O) groups excluding carboxylic acids is 1. The Morgan fingerprint density at radius 3 is 2.89 bits per heavy atom. The van der Waals surface area contributed by atoms with Crippen molar-refractivity contribution in [3.63, 3.8) is 0 Å². The maximum atomic E-state index is 12.3. The molecule has 2 rings (SSSR count). The summed E-state index contributed by atoms with van der Waals surface area (Å²) in [4.78, 5) is 12.3. The third kappa shape index (κ3) is 3.59. The zero-order chi connectivity index (χ0) is 13.8. The Hall–Kier alpha value is -1.79. The standard InChI is InChI=1S/C16H20N2O/c1-11-5-6-13(4-3-9-17)10-15(11)16(19)18-12(2)14-7-8-14/h5-6,10,12,14H,7-9,17H2,1-2H3,(H,18,19). The van der Waals surface area contributed by atoms with Crippen molar-refractivity contribution >= 4 is 5.91 Å². The lowest BCUT2D eigenvalue weighted by molar-refractivity contribution is 0.0935. The van der Waals surface area contributed by atoms with Crippen LogP contribution in [0.15, 0.2) is 18.2 Å². The third-order valence-corrected chi connectivity index (χ3v) is 3.50. The van der Waals surface area contributed by atoms with Crippen LogP contribution >= 0.6 is 0 Å². The molecule has 0 saturated heterocycles. The third-order valence-electron chi connectivity index (χ3n) is 3.50. The minimum Gasteiger partial charge on any atom is -0.349 e. The van der Waals surface area contributed by atoms with Crippen molar-refractivity contribution < 1.29 is 4.79 Å². The Kier molecular flexibility index (Phi) is 4.24. The predicted molar refractivity (Wildman–Crippen MR) is 76.8 cm³/mol. The van der Waals surface area contributed by atoms with E-state index in [0.29, 0.717) is 18.0 Å². The molecule has 1 saturated carbocycles. The summed E-state index contributed by atoms with van der Waals surface area (Å²) in [5.74, 6) is 6.42. The van der Waals surface area contributed by atoms with Crippen LogP contribution in [0.1, 0.15) is 41.3 Å². The number of carbonyl (C=O) groups is 1. The number of amides is 1. The summed E-state index contributed by atoms with van der Waals surface area (Å²) in [6, 6.07) is 5.94. The molecule has 1 atom stereocenters. The van der Waals surface area contributed by atoms with E-state index >= 15 is 0 Å². The normalized spacial score (nSPS) is 15.3. The first-order valence-corrected chi connectivity index (χ1v) is 6.72. The lowest BCUT2D eigenvalue weighted by Gasteiger charge is -2.14. The number of rotatable bonds is 3. The van der Waals surface area contributed by atoms with Gasteiger partial charge in [-0.15, -0.1) is 0 Å². The topological polar surface area (TPSA) is 55.1 Å². The van der Waals surface area contributed by atoms with Gasteiger partial charge in [0.2, 0.25) is 0 Å². The molecule has 0 spiro atoms. The van der Waals surface area contributed by atoms with Crippen LogP contribution in [0.4, 0.5) is 0 Å². The van der Waals surface area contributed by atoms with Crippen molar-refractivity contribution in [2.24, 2.45) is 11.7 Å². The van der Waals surface area contributed by atoms with E-state index in [2.05, 4.69) is 24.1 Å². The summed E-state index contributed by atoms with van der Waals surface area (Å²) < 4.78 is 0. The lowest BCUT2D eigenvalue weighted by atomic mass is 10.0. The highest BCUT2D eigenvalue weighted by Crippen LogP contribution is 2.32. The van der Waals surface area contributed by atoms with Crippen molar-refractivity contribution in [1.29, 1.82) is 0 Å². The lowest BCUT2D eigenvalue weighted by Crippen LogP contribution is -2.34. The van der Waals surface area contributed by atoms with Gasteiger partial charge in [0.25, 0.3) is 5.91 Å². The number of hydrogen-bond acceptors (Lipinski definition) is 2. The summed E-state index contributed by atoms with van der Waals surface area (Å²) in [7, 11) is 0. The van der Waals surface area contributed by atoms with Gasteiger partial charge < -0.3 is 11.1 Å². The predicted octanol–water partition coefficient (Wildman–Crippen LogP) is 1.83. The maximum Gasteiger partial charge on any atom is 0.251 e. The fourth-order valence-electron chi connectivity index (χ4n) is 2.10. The largest absolute Gasteiger partial charge is 0.349 e. The van der Waals surface area contributed by atoms with E-state index in [1.807, 2.05) is 25.1 Å². The second kappa shape index (κ2) is 5.90. The van der Waals surface area contributed by atoms with Crippen LogP contribution in [-0.4, -0.2) is 18.5 Å². The van der Waals surface area contributed by atoms with Gasteiger partial charge in [0, 0.05) is 17.2 Å². The summed E-state index contributed by atoms with van der Waals surface area (Å²) in [6.07, 6.45) is 2.45. The first kappa shape index (κ1) is 13.6. The van der Waals surface area contributed by atoms with E-state index < -0.39 is 0 Å². The summed E-state index contributed by atoms with van der Waals surface area (Å²) in [6.45, 7) is 4.34. The average Bonchev–Trinajstić information content (AvgIpc) is 3.21. The Bertz CT molecular complexity index is 535. The molecule has 0 aliphatic heterocycles. The van der Waals surface area contributed by atoms with Gasteiger partial charge in [0.05, 0.1) is 6.54 Å². The minimum absolute atomic E-state index is 0.00621. The van der Waals surface area contributed by atoms with Crippen molar-refractivity contribution in [3.05, 3.63) is 34.9 Å². The van der Waals surface area contributed by atoms with E-state index in [-0.39, 0.29) is 11.9 Å². The zero-order valence-corrected chi connectivity index (χ0v) is 11.5. The fourth-order valence-corrected chi connectivity index (χ4v) is 2.10. The van der Waals surface area contributed by atoms with E-state index in [9.17, 15) is 4.79 Å². The fraction of sp³-hybridized carbons (Fsp3) is 0.438.